The Hall–Kier alpha value is -3.16. The number of carbonyl (C=O) groups is 3. The predicted molar refractivity (Wildman–Crippen MR) is 99.4 cm³/mol. The molecule has 8 nitrogen and oxygen atoms in total. The number of aromatic nitrogens is 2. The zero-order chi connectivity index (χ0) is 19.7. The Labute approximate surface area is 157 Å². The van der Waals surface area contributed by atoms with E-state index in [0.29, 0.717) is 11.4 Å². The van der Waals surface area contributed by atoms with Crippen molar-refractivity contribution >= 4 is 29.2 Å². The molecule has 3 rings (SSSR count). The predicted octanol–water partition coefficient (Wildman–Crippen LogP) is 1.50. The number of hydrogen-bond acceptors (Lipinski definition) is 5. The quantitative estimate of drug-likeness (QED) is 0.823. The molecule has 1 aromatic heterocycles. The molecular weight excluding hydrogens is 348 g/mol. The number of nitrogens with zero attached hydrogens (tertiary/aromatic N) is 3. The summed E-state index contributed by atoms with van der Waals surface area (Å²) in [5.41, 5.74) is 3.58. The monoisotopic (exact) mass is 370 g/mol. The first-order chi connectivity index (χ1) is 12.8. The summed E-state index contributed by atoms with van der Waals surface area (Å²) in [4.78, 5) is 38.3. The normalized spacial score (nSPS) is 14.4. The second-order valence-corrected chi connectivity index (χ2v) is 6.57. The van der Waals surface area contributed by atoms with Crippen LogP contribution in [0.25, 0.3) is 0 Å². The molecule has 0 aliphatic carbocycles. The van der Waals surface area contributed by atoms with Crippen LogP contribution in [0.1, 0.15) is 23.9 Å². The average molecular weight is 370 g/mol. The smallest absolute Gasteiger partial charge is 0.311 e. The van der Waals surface area contributed by atoms with Crippen molar-refractivity contribution in [3.8, 4) is 0 Å². The number of nitrogens with one attached hydrogen (secondary N) is 1. The first-order valence-corrected chi connectivity index (χ1v) is 8.66. The molecule has 1 aliphatic heterocycles. The van der Waals surface area contributed by atoms with E-state index in [1.54, 1.807) is 28.9 Å². The van der Waals surface area contributed by atoms with Gasteiger partial charge >= 0.3 is 5.97 Å². The molecule has 0 saturated carbocycles. The van der Waals surface area contributed by atoms with Gasteiger partial charge in [0.1, 0.15) is 6.54 Å². The number of esters is 1. The number of anilines is 2. The molecule has 142 valence electrons. The van der Waals surface area contributed by atoms with Crippen molar-refractivity contribution in [3.05, 3.63) is 41.2 Å². The minimum atomic E-state index is -1.01. The number of carbonyl (C=O) groups excluding carboxylic acids is 3. The van der Waals surface area contributed by atoms with Gasteiger partial charge in [-0.2, -0.15) is 5.10 Å². The molecule has 0 bridgehead atoms. The van der Waals surface area contributed by atoms with E-state index >= 15 is 0 Å². The molecule has 2 heterocycles. The van der Waals surface area contributed by atoms with Gasteiger partial charge in [-0.05, 0) is 32.9 Å². The lowest BCUT2D eigenvalue weighted by Crippen LogP contribution is -2.47. The van der Waals surface area contributed by atoms with Crippen molar-refractivity contribution in [2.45, 2.75) is 33.3 Å². The zero-order valence-electron chi connectivity index (χ0n) is 15.8. The van der Waals surface area contributed by atoms with Crippen LogP contribution >= 0.6 is 0 Å². The van der Waals surface area contributed by atoms with Gasteiger partial charge < -0.3 is 10.1 Å². The fourth-order valence-electron chi connectivity index (χ4n) is 3.16. The first kappa shape index (κ1) is 18.6. The lowest BCUT2D eigenvalue weighted by Gasteiger charge is -2.30. The third kappa shape index (κ3) is 3.69. The highest BCUT2D eigenvalue weighted by molar-refractivity contribution is 6.11. The molecule has 0 fully saturated rings. The Morgan fingerprint density at radius 1 is 1.30 bits per heavy atom. The summed E-state index contributed by atoms with van der Waals surface area (Å²) in [6.07, 6.45) is -0.964. The van der Waals surface area contributed by atoms with Gasteiger partial charge in [-0.1, -0.05) is 12.1 Å². The largest absolute Gasteiger partial charge is 0.452 e. The second kappa shape index (κ2) is 7.22. The second-order valence-electron chi connectivity index (χ2n) is 6.57. The molecular formula is C19H22N4O4. The third-order valence-corrected chi connectivity index (χ3v) is 4.67. The summed E-state index contributed by atoms with van der Waals surface area (Å²) in [5, 5.41) is 7.00. The van der Waals surface area contributed by atoms with E-state index in [4.69, 9.17) is 4.74 Å². The van der Waals surface area contributed by atoms with E-state index in [-0.39, 0.29) is 18.9 Å². The highest BCUT2D eigenvalue weighted by Gasteiger charge is 2.31. The van der Waals surface area contributed by atoms with Crippen molar-refractivity contribution in [3.63, 3.8) is 0 Å². The standard InChI is InChI=1S/C19H22N4O4/c1-11-14(12(2)22(4)21-11)9-18(25)27-13(3)19(26)23-10-17(24)20-15-7-5-6-8-16(15)23/h5-8,13H,9-10H2,1-4H3,(H,20,24)/t13-/m1/s1. The third-order valence-electron chi connectivity index (χ3n) is 4.67. The van der Waals surface area contributed by atoms with Crippen LogP contribution in [-0.2, 0) is 32.6 Å². The Kier molecular flexibility index (Phi) is 4.98. The zero-order valence-corrected chi connectivity index (χ0v) is 15.8. The van der Waals surface area contributed by atoms with E-state index in [0.717, 1.165) is 17.0 Å². The Balaban J connectivity index is 1.71. The van der Waals surface area contributed by atoms with Gasteiger partial charge in [0.05, 0.1) is 23.5 Å². The van der Waals surface area contributed by atoms with Crippen molar-refractivity contribution in [2.24, 2.45) is 7.05 Å². The molecule has 0 radical (unpaired) electrons. The van der Waals surface area contributed by atoms with Crippen LogP contribution in [0.5, 0.6) is 0 Å². The fourth-order valence-corrected chi connectivity index (χ4v) is 3.16. The van der Waals surface area contributed by atoms with E-state index in [9.17, 15) is 14.4 Å². The van der Waals surface area contributed by atoms with Gasteiger partial charge in [0.15, 0.2) is 6.10 Å². The molecule has 2 aromatic rings. The van der Waals surface area contributed by atoms with Gasteiger partial charge in [-0.25, -0.2) is 0 Å². The molecule has 8 heteroatoms. The number of fused-ring (bicyclic) bond motifs is 1. The Morgan fingerprint density at radius 2 is 2.00 bits per heavy atom. The molecule has 1 atom stereocenters. The van der Waals surface area contributed by atoms with Crippen molar-refractivity contribution in [2.75, 3.05) is 16.8 Å². The first-order valence-electron chi connectivity index (χ1n) is 8.66. The maximum absolute atomic E-state index is 12.8. The summed E-state index contributed by atoms with van der Waals surface area (Å²) in [5.74, 6) is -1.24. The van der Waals surface area contributed by atoms with Gasteiger partial charge in [0.25, 0.3) is 5.91 Å². The minimum Gasteiger partial charge on any atom is -0.452 e. The van der Waals surface area contributed by atoms with Crippen LogP contribution in [0.3, 0.4) is 0 Å². The molecule has 2 amide bonds. The number of ether oxygens (including phenoxy) is 1. The van der Waals surface area contributed by atoms with E-state index in [1.165, 1.54) is 11.8 Å². The molecule has 27 heavy (non-hydrogen) atoms. The summed E-state index contributed by atoms with van der Waals surface area (Å²) >= 11 is 0. The Morgan fingerprint density at radius 3 is 2.67 bits per heavy atom. The van der Waals surface area contributed by atoms with E-state index in [1.807, 2.05) is 20.9 Å². The summed E-state index contributed by atoms with van der Waals surface area (Å²) in [6.45, 7) is 5.10. The summed E-state index contributed by atoms with van der Waals surface area (Å²) in [6, 6.07) is 7.01. The Bertz CT molecular complexity index is 918. The number of aryl methyl sites for hydroxylation is 2. The van der Waals surface area contributed by atoms with Gasteiger partial charge in [-0.15, -0.1) is 0 Å². The number of benzene rings is 1. The van der Waals surface area contributed by atoms with Crippen molar-refractivity contribution in [1.29, 1.82) is 0 Å². The molecule has 1 aliphatic rings. The maximum atomic E-state index is 12.8. The lowest BCUT2D eigenvalue weighted by atomic mass is 10.1. The van der Waals surface area contributed by atoms with Crippen LogP contribution in [0.2, 0.25) is 0 Å². The highest BCUT2D eigenvalue weighted by Crippen LogP contribution is 2.29. The van der Waals surface area contributed by atoms with Crippen LogP contribution in [0.15, 0.2) is 24.3 Å². The van der Waals surface area contributed by atoms with Gasteiger partial charge in [0, 0.05) is 18.3 Å². The van der Waals surface area contributed by atoms with Gasteiger partial charge in [0.2, 0.25) is 5.91 Å². The van der Waals surface area contributed by atoms with Crippen LogP contribution in [0, 0.1) is 13.8 Å². The average Bonchev–Trinajstić information content (AvgIpc) is 2.86. The SMILES string of the molecule is Cc1nn(C)c(C)c1CC(=O)O[C@H](C)C(=O)N1CC(=O)Nc2ccccc21. The molecule has 1 N–H and O–H groups in total. The van der Waals surface area contributed by atoms with Crippen molar-refractivity contribution < 1.29 is 19.1 Å². The van der Waals surface area contributed by atoms with Crippen LogP contribution < -0.4 is 10.2 Å². The van der Waals surface area contributed by atoms with Crippen LogP contribution in [-0.4, -0.2) is 40.2 Å². The number of hydrogen-bond donors (Lipinski definition) is 1. The topological polar surface area (TPSA) is 93.5 Å². The fraction of sp³-hybridized carbons (Fsp3) is 0.368. The van der Waals surface area contributed by atoms with Gasteiger partial charge in [-0.3, -0.25) is 24.0 Å². The van der Waals surface area contributed by atoms with E-state index < -0.39 is 18.0 Å². The van der Waals surface area contributed by atoms with Crippen molar-refractivity contribution in [1.82, 2.24) is 9.78 Å². The summed E-state index contributed by atoms with van der Waals surface area (Å²) in [7, 11) is 1.81. The molecule has 1 aromatic carbocycles. The molecule has 0 saturated heterocycles. The maximum Gasteiger partial charge on any atom is 0.311 e. The number of amides is 2. The van der Waals surface area contributed by atoms with E-state index in [2.05, 4.69) is 10.4 Å². The number of rotatable bonds is 4. The summed E-state index contributed by atoms with van der Waals surface area (Å²) < 4.78 is 7.04. The molecule has 0 spiro atoms. The minimum absolute atomic E-state index is 0.0419. The lowest BCUT2D eigenvalue weighted by molar-refractivity contribution is -0.153. The van der Waals surface area contributed by atoms with Crippen LogP contribution in [0.4, 0.5) is 11.4 Å². The number of para-hydroxylation sites is 2. The highest BCUT2D eigenvalue weighted by atomic mass is 16.5. The molecule has 0 unspecified atom stereocenters.